The average Bonchev–Trinajstić information content (AvgIpc) is 3.86. The lowest BCUT2D eigenvalue weighted by Crippen LogP contribution is -2.36. The Kier molecular flexibility index (Phi) is 20.6. The predicted octanol–water partition coefficient (Wildman–Crippen LogP) is 3.31. The lowest BCUT2D eigenvalue weighted by atomic mass is 10.0. The molecule has 2 aromatic carbocycles. The van der Waals surface area contributed by atoms with Gasteiger partial charge in [-0.2, -0.15) is 11.8 Å². The van der Waals surface area contributed by atoms with E-state index in [9.17, 15) is 29.3 Å². The van der Waals surface area contributed by atoms with Gasteiger partial charge in [0, 0.05) is 49.0 Å². The van der Waals surface area contributed by atoms with Crippen molar-refractivity contribution in [1.29, 1.82) is 0 Å². The number of nitro groups is 1. The summed E-state index contributed by atoms with van der Waals surface area (Å²) in [5.41, 5.74) is 1.24. The zero-order valence-corrected chi connectivity index (χ0v) is 37.7. The molecule has 0 spiro atoms. The van der Waals surface area contributed by atoms with Crippen LogP contribution in [0.4, 0.5) is 15.3 Å². The Morgan fingerprint density at radius 2 is 1.49 bits per heavy atom. The van der Waals surface area contributed by atoms with E-state index in [2.05, 4.69) is 47.0 Å². The number of rotatable bonds is 29. The first-order valence-electron chi connectivity index (χ1n) is 21.5. The normalized spacial score (nSPS) is 16.7. The highest BCUT2D eigenvalue weighted by Gasteiger charge is 2.42. The number of unbranched alkanes of at least 4 members (excludes halogenated alkanes) is 1. The molecule has 5 rings (SSSR count). The molecular weight excluding hydrogens is 869 g/mol. The van der Waals surface area contributed by atoms with Gasteiger partial charge in [0.2, 0.25) is 17.6 Å². The van der Waals surface area contributed by atoms with Crippen molar-refractivity contribution < 1.29 is 52.5 Å². The molecular formula is C42H58N10O12S. The molecule has 2 aliphatic rings. The van der Waals surface area contributed by atoms with Gasteiger partial charge < -0.3 is 55.0 Å². The van der Waals surface area contributed by atoms with Crippen LogP contribution >= 0.6 is 11.8 Å². The number of amides is 5. The summed E-state index contributed by atoms with van der Waals surface area (Å²) in [7, 11) is 1.38. The van der Waals surface area contributed by atoms with Crippen molar-refractivity contribution in [3.8, 4) is 22.9 Å². The lowest BCUT2D eigenvalue weighted by Gasteiger charge is -2.17. The lowest BCUT2D eigenvalue weighted by molar-refractivity contribution is -0.386. The van der Waals surface area contributed by atoms with Gasteiger partial charge in [-0.15, -0.1) is 20.4 Å². The van der Waals surface area contributed by atoms with Crippen LogP contribution in [0.15, 0.2) is 36.4 Å². The molecule has 0 radical (unpaired) electrons. The van der Waals surface area contributed by atoms with E-state index in [0.29, 0.717) is 88.0 Å². The fraction of sp³-hybridized carbons (Fsp3) is 0.571. The number of nitro benzene ring substituents is 1. The fourth-order valence-electron chi connectivity index (χ4n) is 6.86. The van der Waals surface area contributed by atoms with Crippen LogP contribution in [0.25, 0.3) is 11.4 Å². The highest BCUT2D eigenvalue weighted by atomic mass is 32.2. The minimum Gasteiger partial charge on any atom is -0.493 e. The van der Waals surface area contributed by atoms with Crippen molar-refractivity contribution in [3.05, 3.63) is 63.5 Å². The number of carbonyl (C=O) groups excluding carboxylic acids is 4. The van der Waals surface area contributed by atoms with Crippen molar-refractivity contribution in [3.63, 3.8) is 0 Å². The second-order valence-electron chi connectivity index (χ2n) is 15.0. The molecule has 65 heavy (non-hydrogen) atoms. The standard InChI is InChI=1S/C42H58N10O12S/c1-27(64-42(56)45-25-29-10-12-30(13-11-29)40-50-48-28(2)49-51-40)31-23-34(59-3)35(24-33(31)52(57)58)63-16-6-9-38(54)44-15-18-61-20-22-62-21-19-60-17-14-43-37(53)8-5-4-7-36-39-32(26-65-36)46-41(55)47-39/h10-13,23-24,27,32,36,39H,4-9,14-22,25-26H2,1-3H3,(H,43,53)(H,44,54)(H,45,56)(H2,46,47,55)/t27?,32-,36-,39-/m0/s1. The van der Waals surface area contributed by atoms with Crippen LogP contribution < -0.4 is 36.1 Å². The maximum absolute atomic E-state index is 12.7. The maximum atomic E-state index is 12.7. The summed E-state index contributed by atoms with van der Waals surface area (Å²) in [6.45, 7) is 6.29. The monoisotopic (exact) mass is 926 g/mol. The summed E-state index contributed by atoms with van der Waals surface area (Å²) in [5.74, 6) is 1.85. The van der Waals surface area contributed by atoms with E-state index in [0.717, 1.165) is 30.6 Å². The minimum absolute atomic E-state index is 0.00107. The number of hydrogen-bond donors (Lipinski definition) is 5. The Balaban J connectivity index is 0.855. The number of benzene rings is 2. The largest absolute Gasteiger partial charge is 0.493 e. The van der Waals surface area contributed by atoms with Crippen LogP contribution in [0.5, 0.6) is 11.5 Å². The zero-order valence-electron chi connectivity index (χ0n) is 36.8. The third kappa shape index (κ3) is 16.9. The van der Waals surface area contributed by atoms with Crippen LogP contribution in [0.2, 0.25) is 0 Å². The number of aromatic nitrogens is 4. The van der Waals surface area contributed by atoms with Crippen LogP contribution in [0, 0.1) is 17.0 Å². The van der Waals surface area contributed by atoms with E-state index in [1.807, 2.05) is 11.8 Å². The van der Waals surface area contributed by atoms with E-state index in [-0.39, 0.29) is 72.3 Å². The Morgan fingerprint density at radius 1 is 0.846 bits per heavy atom. The number of alkyl carbamates (subject to hydrolysis) is 1. The van der Waals surface area contributed by atoms with Crippen molar-refractivity contribution >= 4 is 41.4 Å². The number of methoxy groups -OCH3 is 1. The van der Waals surface area contributed by atoms with Gasteiger partial charge in [0.1, 0.15) is 6.10 Å². The van der Waals surface area contributed by atoms with E-state index < -0.39 is 17.1 Å². The topological polar surface area (TPSA) is 279 Å². The SMILES string of the molecule is COc1cc(C(C)OC(=O)NCc2ccc(-c3nnc(C)nn3)cc2)c([N+](=O)[O-])cc1OCCCC(=O)NCCOCCOCCOCCNC(=O)CCCC[C@@H]1SC[C@@H]2NC(=O)N[C@@H]21. The summed E-state index contributed by atoms with van der Waals surface area (Å²) in [6.07, 6.45) is 1.87. The number of fused-ring (bicyclic) bond motifs is 1. The van der Waals surface area contributed by atoms with Crippen molar-refractivity contribution in [2.45, 2.75) is 82.4 Å². The fourth-order valence-corrected chi connectivity index (χ4v) is 8.40. The number of aryl methyl sites for hydroxylation is 1. The first-order valence-corrected chi connectivity index (χ1v) is 22.6. The number of thioether (sulfide) groups is 1. The van der Waals surface area contributed by atoms with Gasteiger partial charge in [0.25, 0.3) is 5.69 Å². The second-order valence-corrected chi connectivity index (χ2v) is 16.3. The second kappa shape index (κ2) is 26.8. The zero-order chi connectivity index (χ0) is 46.4. The molecule has 3 heterocycles. The van der Waals surface area contributed by atoms with Gasteiger partial charge in [-0.05, 0) is 44.7 Å². The molecule has 0 bridgehead atoms. The van der Waals surface area contributed by atoms with Crippen LogP contribution in [-0.4, -0.2) is 139 Å². The summed E-state index contributed by atoms with van der Waals surface area (Å²) in [5, 5.41) is 42.5. The Bertz CT molecular complexity index is 2020. The molecule has 3 aromatic rings. The molecule has 2 fully saturated rings. The highest BCUT2D eigenvalue weighted by Crippen LogP contribution is 2.39. The molecule has 0 aliphatic carbocycles. The molecule has 354 valence electrons. The van der Waals surface area contributed by atoms with E-state index in [1.165, 1.54) is 26.2 Å². The van der Waals surface area contributed by atoms with E-state index in [4.69, 9.17) is 28.4 Å². The number of urea groups is 1. The van der Waals surface area contributed by atoms with E-state index in [1.54, 1.807) is 31.2 Å². The third-order valence-corrected chi connectivity index (χ3v) is 11.7. The number of nitrogens with zero attached hydrogens (tertiary/aromatic N) is 5. The van der Waals surface area contributed by atoms with Gasteiger partial charge in [-0.3, -0.25) is 19.7 Å². The van der Waals surface area contributed by atoms with Crippen molar-refractivity contribution in [2.75, 3.05) is 72.2 Å². The minimum atomic E-state index is -1.02. The van der Waals surface area contributed by atoms with Crippen molar-refractivity contribution in [1.82, 2.24) is 47.0 Å². The van der Waals surface area contributed by atoms with Gasteiger partial charge in [0.15, 0.2) is 17.3 Å². The Morgan fingerprint density at radius 3 is 2.14 bits per heavy atom. The first kappa shape index (κ1) is 50.1. The van der Waals surface area contributed by atoms with E-state index >= 15 is 0 Å². The third-order valence-electron chi connectivity index (χ3n) is 10.2. The smallest absolute Gasteiger partial charge is 0.408 e. The molecule has 4 atom stereocenters. The Hall–Kier alpha value is -5.91. The number of hydrogen-bond acceptors (Lipinski definition) is 17. The molecule has 1 aromatic heterocycles. The van der Waals surface area contributed by atoms with Crippen LogP contribution in [0.3, 0.4) is 0 Å². The molecule has 0 saturated carbocycles. The number of ether oxygens (including phenoxy) is 6. The summed E-state index contributed by atoms with van der Waals surface area (Å²) in [6, 6.07) is 10.0. The molecule has 2 aliphatic heterocycles. The molecule has 2 saturated heterocycles. The average molecular weight is 927 g/mol. The van der Waals surface area contributed by atoms with Gasteiger partial charge in [0.05, 0.1) is 82.0 Å². The van der Waals surface area contributed by atoms with Gasteiger partial charge >= 0.3 is 12.1 Å². The molecule has 22 nitrogen and oxygen atoms in total. The number of carbonyl (C=O) groups is 4. The quantitative estimate of drug-likeness (QED) is 0.0289. The predicted molar refractivity (Wildman–Crippen MR) is 236 cm³/mol. The van der Waals surface area contributed by atoms with Gasteiger partial charge in [-0.1, -0.05) is 30.7 Å². The van der Waals surface area contributed by atoms with Crippen LogP contribution in [0.1, 0.15) is 68.5 Å². The van der Waals surface area contributed by atoms with Crippen LogP contribution in [-0.2, 0) is 35.1 Å². The summed E-state index contributed by atoms with van der Waals surface area (Å²) in [4.78, 5) is 60.0. The maximum Gasteiger partial charge on any atom is 0.408 e. The van der Waals surface area contributed by atoms with Gasteiger partial charge in [-0.25, -0.2) is 9.59 Å². The van der Waals surface area contributed by atoms with Crippen molar-refractivity contribution in [2.24, 2.45) is 0 Å². The number of nitrogens with one attached hydrogen (secondary N) is 5. The first-order chi connectivity index (χ1) is 31.5. The molecule has 1 unspecified atom stereocenters. The Labute approximate surface area is 380 Å². The molecule has 5 amide bonds. The molecule has 5 N–H and O–H groups in total. The molecule has 23 heteroatoms. The highest BCUT2D eigenvalue weighted by molar-refractivity contribution is 8.00. The summed E-state index contributed by atoms with van der Waals surface area (Å²) < 4.78 is 33.2. The summed E-state index contributed by atoms with van der Waals surface area (Å²) >= 11 is 1.88.